The minimum Gasteiger partial charge on any atom is -0.466 e. The smallest absolute Gasteiger partial charge is 0.309 e. The summed E-state index contributed by atoms with van der Waals surface area (Å²) in [6.07, 6.45) is 5.65. The van der Waals surface area contributed by atoms with Crippen LogP contribution >= 0.6 is 24.0 Å². The summed E-state index contributed by atoms with van der Waals surface area (Å²) in [5.41, 5.74) is 3.12. The highest BCUT2D eigenvalue weighted by molar-refractivity contribution is 14.0. The van der Waals surface area contributed by atoms with Gasteiger partial charge in [-0.2, -0.15) is 0 Å². The highest BCUT2D eigenvalue weighted by Gasteiger charge is 2.27. The van der Waals surface area contributed by atoms with Gasteiger partial charge in [-0.3, -0.25) is 9.79 Å². The van der Waals surface area contributed by atoms with Crippen LogP contribution in [0, 0.1) is 12.8 Å². The van der Waals surface area contributed by atoms with Crippen molar-refractivity contribution in [1.82, 2.24) is 19.6 Å². The summed E-state index contributed by atoms with van der Waals surface area (Å²) in [5.74, 6) is 0.779. The Morgan fingerprint density at radius 3 is 2.81 bits per heavy atom. The first-order valence-electron chi connectivity index (χ1n) is 9.17. The van der Waals surface area contributed by atoms with E-state index in [1.165, 1.54) is 5.56 Å². The summed E-state index contributed by atoms with van der Waals surface area (Å²) in [4.78, 5) is 23.1. The number of nitrogens with one attached hydrogen (secondary N) is 1. The molecule has 0 bridgehead atoms. The maximum absolute atomic E-state index is 11.9. The summed E-state index contributed by atoms with van der Waals surface area (Å²) in [7, 11) is 1.78. The lowest BCUT2D eigenvalue weighted by atomic mass is 9.97. The molecule has 0 spiro atoms. The number of piperidine rings is 1. The average molecular weight is 485 g/mol. The second-order valence-electron chi connectivity index (χ2n) is 6.62. The molecular weight excluding hydrogens is 457 g/mol. The highest BCUT2D eigenvalue weighted by Crippen LogP contribution is 2.19. The van der Waals surface area contributed by atoms with E-state index in [-0.39, 0.29) is 35.9 Å². The van der Waals surface area contributed by atoms with Crippen molar-refractivity contribution in [2.24, 2.45) is 10.9 Å². The van der Waals surface area contributed by atoms with Crippen molar-refractivity contribution >= 4 is 41.6 Å². The summed E-state index contributed by atoms with van der Waals surface area (Å²) in [5, 5.41) is 3.38. The first kappa shape index (κ1) is 21.5. The number of halogens is 1. The summed E-state index contributed by atoms with van der Waals surface area (Å²) >= 11 is 0. The van der Waals surface area contributed by atoms with Crippen molar-refractivity contribution in [3.63, 3.8) is 0 Å². The molecule has 1 fully saturated rings. The van der Waals surface area contributed by atoms with Gasteiger partial charge < -0.3 is 19.4 Å². The van der Waals surface area contributed by atoms with E-state index in [0.717, 1.165) is 43.2 Å². The maximum atomic E-state index is 11.9. The quantitative estimate of drug-likeness (QED) is 0.312. The summed E-state index contributed by atoms with van der Waals surface area (Å²) in [6.45, 7) is 6.57. The second-order valence-corrected chi connectivity index (χ2v) is 6.62. The van der Waals surface area contributed by atoms with Crippen LogP contribution in [0.1, 0.15) is 31.0 Å². The maximum Gasteiger partial charge on any atom is 0.309 e. The minimum atomic E-state index is -0.0740. The molecule has 27 heavy (non-hydrogen) atoms. The first-order chi connectivity index (χ1) is 12.6. The normalized spacial score (nSPS) is 15.5. The number of aliphatic imine (C=N–C) groups is 1. The Balaban J connectivity index is 0.00000261. The van der Waals surface area contributed by atoms with Gasteiger partial charge in [-0.1, -0.05) is 0 Å². The van der Waals surface area contributed by atoms with Crippen LogP contribution in [0.2, 0.25) is 0 Å². The molecule has 7 nitrogen and oxygen atoms in total. The Morgan fingerprint density at radius 2 is 2.15 bits per heavy atom. The SMILES string of the molecule is CCOC(=O)C1CCN(C(=NC)NCc2cn3ccc(C)cc3n2)CC1.I. The zero-order chi connectivity index (χ0) is 18.5. The molecule has 0 aromatic carbocycles. The molecular formula is C19H28IN5O2. The zero-order valence-electron chi connectivity index (χ0n) is 16.1. The fourth-order valence-electron chi connectivity index (χ4n) is 3.31. The van der Waals surface area contributed by atoms with Gasteiger partial charge in [-0.05, 0) is 44.4 Å². The lowest BCUT2D eigenvalue weighted by Crippen LogP contribution is -2.46. The van der Waals surface area contributed by atoms with E-state index in [1.807, 2.05) is 23.7 Å². The minimum absolute atomic E-state index is 0. The lowest BCUT2D eigenvalue weighted by Gasteiger charge is -2.33. The number of nitrogens with zero attached hydrogens (tertiary/aromatic N) is 4. The number of carbonyl (C=O) groups excluding carboxylic acids is 1. The molecule has 1 aliphatic heterocycles. The molecule has 0 amide bonds. The van der Waals surface area contributed by atoms with Gasteiger partial charge in [-0.25, -0.2) is 4.98 Å². The highest BCUT2D eigenvalue weighted by atomic mass is 127. The molecule has 3 heterocycles. The van der Waals surface area contributed by atoms with Crippen molar-refractivity contribution in [2.45, 2.75) is 33.2 Å². The first-order valence-corrected chi connectivity index (χ1v) is 9.17. The van der Waals surface area contributed by atoms with Gasteiger partial charge in [-0.15, -0.1) is 24.0 Å². The van der Waals surface area contributed by atoms with E-state index in [0.29, 0.717) is 13.2 Å². The average Bonchev–Trinajstić information content (AvgIpc) is 3.05. The third-order valence-corrected chi connectivity index (χ3v) is 4.72. The zero-order valence-corrected chi connectivity index (χ0v) is 18.5. The monoisotopic (exact) mass is 485 g/mol. The van der Waals surface area contributed by atoms with Gasteiger partial charge in [0.2, 0.25) is 0 Å². The lowest BCUT2D eigenvalue weighted by molar-refractivity contribution is -0.149. The molecule has 1 N–H and O–H groups in total. The molecule has 148 valence electrons. The van der Waals surface area contributed by atoms with Crippen LogP contribution in [-0.2, 0) is 16.1 Å². The fraction of sp³-hybridized carbons (Fsp3) is 0.526. The largest absolute Gasteiger partial charge is 0.466 e. The number of rotatable bonds is 4. The Labute approximate surface area is 177 Å². The number of hydrogen-bond acceptors (Lipinski definition) is 4. The number of aromatic nitrogens is 2. The third kappa shape index (κ3) is 5.33. The number of likely N-dealkylation sites (tertiary alicyclic amines) is 1. The van der Waals surface area contributed by atoms with E-state index >= 15 is 0 Å². The third-order valence-electron chi connectivity index (χ3n) is 4.72. The van der Waals surface area contributed by atoms with E-state index in [9.17, 15) is 4.79 Å². The number of fused-ring (bicyclic) bond motifs is 1. The van der Waals surface area contributed by atoms with Gasteiger partial charge in [0.1, 0.15) is 5.65 Å². The topological polar surface area (TPSA) is 71.2 Å². The molecule has 1 aliphatic rings. The fourth-order valence-corrected chi connectivity index (χ4v) is 3.31. The van der Waals surface area contributed by atoms with Crippen molar-refractivity contribution in [3.8, 4) is 0 Å². The molecule has 1 saturated heterocycles. The molecule has 0 unspecified atom stereocenters. The molecule has 2 aromatic rings. The number of pyridine rings is 1. The van der Waals surface area contributed by atoms with Crippen LogP contribution < -0.4 is 5.32 Å². The van der Waals surface area contributed by atoms with Gasteiger partial charge in [0.05, 0.1) is 24.8 Å². The molecule has 8 heteroatoms. The number of guanidine groups is 1. The predicted molar refractivity (Wildman–Crippen MR) is 116 cm³/mol. The molecule has 2 aromatic heterocycles. The van der Waals surface area contributed by atoms with Crippen molar-refractivity contribution in [2.75, 3.05) is 26.7 Å². The van der Waals surface area contributed by atoms with Gasteiger partial charge in [0.25, 0.3) is 0 Å². The van der Waals surface area contributed by atoms with Crippen molar-refractivity contribution in [1.29, 1.82) is 0 Å². The standard InChI is InChI=1S/C19H27N5O2.HI/c1-4-26-18(25)15-6-9-23(10-7-15)19(20-3)21-12-16-13-24-8-5-14(2)11-17(24)22-16;/h5,8,11,13,15H,4,6-7,9-10,12H2,1-3H3,(H,20,21);1H. The number of ether oxygens (including phenoxy) is 1. The van der Waals surface area contributed by atoms with E-state index < -0.39 is 0 Å². The van der Waals surface area contributed by atoms with Gasteiger partial charge in [0.15, 0.2) is 5.96 Å². The van der Waals surface area contributed by atoms with Crippen LogP contribution in [0.25, 0.3) is 5.65 Å². The van der Waals surface area contributed by atoms with Crippen molar-refractivity contribution < 1.29 is 9.53 Å². The second kappa shape index (κ2) is 9.91. The van der Waals surface area contributed by atoms with Gasteiger partial charge in [0, 0.05) is 32.5 Å². The Kier molecular flexibility index (Phi) is 7.88. The number of hydrogen-bond donors (Lipinski definition) is 1. The van der Waals surface area contributed by atoms with E-state index in [4.69, 9.17) is 4.74 Å². The van der Waals surface area contributed by atoms with E-state index in [2.05, 4.69) is 39.2 Å². The number of esters is 1. The Morgan fingerprint density at radius 1 is 1.41 bits per heavy atom. The van der Waals surface area contributed by atoms with Crippen LogP contribution in [-0.4, -0.2) is 53.0 Å². The predicted octanol–water partition coefficient (Wildman–Crippen LogP) is 2.61. The molecule has 0 radical (unpaired) electrons. The van der Waals surface area contributed by atoms with Crippen LogP contribution in [0.4, 0.5) is 0 Å². The number of imidazole rings is 1. The molecule has 0 aliphatic carbocycles. The Bertz CT molecular complexity index is 796. The van der Waals surface area contributed by atoms with Crippen LogP contribution in [0.3, 0.4) is 0 Å². The van der Waals surface area contributed by atoms with Crippen molar-refractivity contribution in [3.05, 3.63) is 35.8 Å². The van der Waals surface area contributed by atoms with Crippen LogP contribution in [0.15, 0.2) is 29.5 Å². The number of aryl methyl sites for hydroxylation is 1. The Hall–Kier alpha value is -1.84. The molecule has 0 saturated carbocycles. The van der Waals surface area contributed by atoms with Gasteiger partial charge >= 0.3 is 5.97 Å². The van der Waals surface area contributed by atoms with Crippen LogP contribution in [0.5, 0.6) is 0 Å². The summed E-state index contributed by atoms with van der Waals surface area (Å²) < 4.78 is 7.16. The molecule has 0 atom stereocenters. The van der Waals surface area contributed by atoms with E-state index in [1.54, 1.807) is 7.05 Å². The summed E-state index contributed by atoms with van der Waals surface area (Å²) in [6, 6.07) is 4.14. The molecule has 3 rings (SSSR count). The number of carbonyl (C=O) groups is 1.